The molecule has 18 heavy (non-hydrogen) atoms. The fourth-order valence-electron chi connectivity index (χ4n) is 1.56. The third-order valence-electron chi connectivity index (χ3n) is 2.29. The molecule has 1 atom stereocenters. The molecule has 96 valence electrons. The molecule has 0 fully saturated rings. The fourth-order valence-corrected chi connectivity index (χ4v) is 1.71. The van der Waals surface area contributed by atoms with Gasteiger partial charge in [-0.05, 0) is 43.6 Å². The van der Waals surface area contributed by atoms with Gasteiger partial charge in [0, 0.05) is 11.8 Å². The first-order valence-electron chi connectivity index (χ1n) is 5.61. The van der Waals surface area contributed by atoms with Gasteiger partial charge in [0.05, 0.1) is 12.3 Å². The topological polar surface area (TPSA) is 55.5 Å². The zero-order chi connectivity index (χ0) is 13.1. The molecule has 4 nitrogen and oxygen atoms in total. The zero-order valence-corrected chi connectivity index (χ0v) is 10.9. The lowest BCUT2D eigenvalue weighted by Gasteiger charge is -2.12. The van der Waals surface area contributed by atoms with Crippen LogP contribution in [0.4, 0.5) is 0 Å². The normalized spacial score (nSPS) is 12.7. The summed E-state index contributed by atoms with van der Waals surface area (Å²) in [4.78, 5) is 4.03. The van der Waals surface area contributed by atoms with Crippen LogP contribution in [0.2, 0.25) is 5.22 Å². The first kappa shape index (κ1) is 12.9. The quantitative estimate of drug-likeness (QED) is 0.924. The lowest BCUT2D eigenvalue weighted by Crippen LogP contribution is -2.07. The van der Waals surface area contributed by atoms with Crippen molar-refractivity contribution in [2.45, 2.75) is 26.1 Å². The molecule has 0 spiro atoms. The van der Waals surface area contributed by atoms with Crippen LogP contribution in [0.15, 0.2) is 35.0 Å². The van der Waals surface area contributed by atoms with E-state index in [2.05, 4.69) is 4.98 Å². The van der Waals surface area contributed by atoms with Crippen LogP contribution in [0.3, 0.4) is 0 Å². The van der Waals surface area contributed by atoms with Gasteiger partial charge in [0.2, 0.25) is 0 Å². The van der Waals surface area contributed by atoms with Gasteiger partial charge in [-0.1, -0.05) is 0 Å². The van der Waals surface area contributed by atoms with Crippen LogP contribution in [0, 0.1) is 0 Å². The number of aliphatic hydroxyl groups excluding tert-OH is 1. The molecule has 0 amide bonds. The summed E-state index contributed by atoms with van der Waals surface area (Å²) < 4.78 is 10.7. The molecule has 1 unspecified atom stereocenters. The maximum absolute atomic E-state index is 10.1. The van der Waals surface area contributed by atoms with Crippen LogP contribution in [-0.2, 0) is 0 Å². The SMILES string of the molecule is CC(C)Oc1cncc(C(O)c2ccc(Cl)o2)c1. The number of rotatable bonds is 4. The maximum Gasteiger partial charge on any atom is 0.193 e. The Labute approximate surface area is 110 Å². The standard InChI is InChI=1S/C13H14ClNO3/c1-8(2)17-10-5-9(6-15-7-10)13(16)11-3-4-12(14)18-11/h3-8,13,16H,1-2H3. The van der Waals surface area contributed by atoms with Gasteiger partial charge < -0.3 is 14.3 Å². The minimum atomic E-state index is -0.902. The average molecular weight is 268 g/mol. The van der Waals surface area contributed by atoms with Gasteiger partial charge in [0.1, 0.15) is 17.6 Å². The van der Waals surface area contributed by atoms with Crippen molar-refractivity contribution in [3.05, 3.63) is 47.1 Å². The van der Waals surface area contributed by atoms with E-state index in [4.69, 9.17) is 20.8 Å². The summed E-state index contributed by atoms with van der Waals surface area (Å²) in [5.74, 6) is 0.989. The Kier molecular flexibility index (Phi) is 3.89. The molecule has 0 aliphatic heterocycles. The van der Waals surface area contributed by atoms with E-state index in [0.29, 0.717) is 17.1 Å². The van der Waals surface area contributed by atoms with Crippen LogP contribution >= 0.6 is 11.6 Å². The van der Waals surface area contributed by atoms with E-state index in [9.17, 15) is 5.11 Å². The van der Waals surface area contributed by atoms with Crippen molar-refractivity contribution in [1.82, 2.24) is 4.98 Å². The highest BCUT2D eigenvalue weighted by molar-refractivity contribution is 6.28. The van der Waals surface area contributed by atoms with E-state index >= 15 is 0 Å². The van der Waals surface area contributed by atoms with E-state index in [1.807, 2.05) is 13.8 Å². The van der Waals surface area contributed by atoms with Crippen LogP contribution in [0.25, 0.3) is 0 Å². The Bertz CT molecular complexity index is 524. The van der Waals surface area contributed by atoms with Gasteiger partial charge in [-0.25, -0.2) is 0 Å². The summed E-state index contributed by atoms with van der Waals surface area (Å²) in [7, 11) is 0. The summed E-state index contributed by atoms with van der Waals surface area (Å²) in [6, 6.07) is 4.94. The van der Waals surface area contributed by atoms with Crippen molar-refractivity contribution < 1.29 is 14.3 Å². The number of nitrogens with zero attached hydrogens (tertiary/aromatic N) is 1. The molecule has 1 N–H and O–H groups in total. The molecule has 0 saturated heterocycles. The summed E-state index contributed by atoms with van der Waals surface area (Å²) in [6.07, 6.45) is 2.32. The highest BCUT2D eigenvalue weighted by atomic mass is 35.5. The Balaban J connectivity index is 2.22. The molecule has 0 aromatic carbocycles. The summed E-state index contributed by atoms with van der Waals surface area (Å²) in [5.41, 5.74) is 0.596. The second-order valence-electron chi connectivity index (χ2n) is 4.16. The first-order chi connectivity index (χ1) is 8.56. The third-order valence-corrected chi connectivity index (χ3v) is 2.49. The Morgan fingerprint density at radius 1 is 1.33 bits per heavy atom. The molecule has 0 aliphatic carbocycles. The number of hydrogen-bond donors (Lipinski definition) is 1. The largest absolute Gasteiger partial charge is 0.489 e. The van der Waals surface area contributed by atoms with Gasteiger partial charge in [-0.2, -0.15) is 0 Å². The van der Waals surface area contributed by atoms with Crippen molar-refractivity contribution in [2.75, 3.05) is 0 Å². The third kappa shape index (κ3) is 3.03. The lowest BCUT2D eigenvalue weighted by atomic mass is 10.1. The van der Waals surface area contributed by atoms with Gasteiger partial charge in [0.25, 0.3) is 0 Å². The first-order valence-corrected chi connectivity index (χ1v) is 5.99. The van der Waals surface area contributed by atoms with Crippen molar-refractivity contribution in [3.8, 4) is 5.75 Å². The lowest BCUT2D eigenvalue weighted by molar-refractivity contribution is 0.187. The molecular formula is C13H14ClNO3. The minimum absolute atomic E-state index is 0.0530. The van der Waals surface area contributed by atoms with Gasteiger partial charge in [-0.3, -0.25) is 4.98 Å². The van der Waals surface area contributed by atoms with Crippen molar-refractivity contribution >= 4 is 11.6 Å². The van der Waals surface area contributed by atoms with Crippen molar-refractivity contribution in [2.24, 2.45) is 0 Å². The number of halogens is 1. The Morgan fingerprint density at radius 3 is 2.72 bits per heavy atom. The van der Waals surface area contributed by atoms with E-state index < -0.39 is 6.10 Å². The Hall–Kier alpha value is -1.52. The molecule has 2 aromatic rings. The van der Waals surface area contributed by atoms with Gasteiger partial charge in [-0.15, -0.1) is 0 Å². The van der Waals surface area contributed by atoms with Gasteiger partial charge >= 0.3 is 0 Å². The molecule has 0 bridgehead atoms. The molecule has 2 rings (SSSR count). The minimum Gasteiger partial charge on any atom is -0.489 e. The monoisotopic (exact) mass is 267 g/mol. The highest BCUT2D eigenvalue weighted by Gasteiger charge is 2.15. The number of furan rings is 1. The fraction of sp³-hybridized carbons (Fsp3) is 0.308. The van der Waals surface area contributed by atoms with E-state index in [1.165, 1.54) is 0 Å². The van der Waals surface area contributed by atoms with E-state index in [1.54, 1.807) is 30.6 Å². The number of ether oxygens (including phenoxy) is 1. The number of hydrogen-bond acceptors (Lipinski definition) is 4. The summed E-state index contributed by atoms with van der Waals surface area (Å²) in [5, 5.41) is 10.4. The molecule has 0 saturated carbocycles. The van der Waals surface area contributed by atoms with Crippen LogP contribution in [0.1, 0.15) is 31.3 Å². The summed E-state index contributed by atoms with van der Waals surface area (Å²) in [6.45, 7) is 3.85. The number of aliphatic hydroxyl groups is 1. The molecule has 2 heterocycles. The van der Waals surface area contributed by atoms with Crippen LogP contribution in [0.5, 0.6) is 5.75 Å². The zero-order valence-electron chi connectivity index (χ0n) is 10.1. The molecule has 0 radical (unpaired) electrons. The van der Waals surface area contributed by atoms with Crippen molar-refractivity contribution in [1.29, 1.82) is 0 Å². The summed E-state index contributed by atoms with van der Waals surface area (Å²) >= 11 is 5.67. The molecular weight excluding hydrogens is 254 g/mol. The second-order valence-corrected chi connectivity index (χ2v) is 4.54. The second kappa shape index (κ2) is 5.42. The Morgan fingerprint density at radius 2 is 2.11 bits per heavy atom. The highest BCUT2D eigenvalue weighted by Crippen LogP contribution is 2.27. The number of pyridine rings is 1. The van der Waals surface area contributed by atoms with E-state index in [0.717, 1.165) is 0 Å². The van der Waals surface area contributed by atoms with E-state index in [-0.39, 0.29) is 11.3 Å². The maximum atomic E-state index is 10.1. The van der Waals surface area contributed by atoms with Crippen molar-refractivity contribution in [3.63, 3.8) is 0 Å². The molecule has 2 aromatic heterocycles. The number of aromatic nitrogens is 1. The van der Waals surface area contributed by atoms with Crippen LogP contribution in [-0.4, -0.2) is 16.2 Å². The predicted octanol–water partition coefficient (Wildman–Crippen LogP) is 3.20. The van der Waals surface area contributed by atoms with Gasteiger partial charge in [0.15, 0.2) is 5.22 Å². The smallest absolute Gasteiger partial charge is 0.193 e. The molecule has 5 heteroatoms. The average Bonchev–Trinajstić information content (AvgIpc) is 2.74. The predicted molar refractivity (Wildman–Crippen MR) is 67.8 cm³/mol. The molecule has 0 aliphatic rings. The van der Waals surface area contributed by atoms with Crippen LogP contribution < -0.4 is 4.74 Å².